The lowest BCUT2D eigenvalue weighted by molar-refractivity contribution is 0.0690. The number of pyridine rings is 1. The summed E-state index contributed by atoms with van der Waals surface area (Å²) in [5.41, 5.74) is 1.71. The molecular weight excluding hydrogens is 350 g/mol. The predicted octanol–water partition coefficient (Wildman–Crippen LogP) is 3.88. The van der Waals surface area contributed by atoms with Gasteiger partial charge in [0.05, 0.1) is 0 Å². The van der Waals surface area contributed by atoms with Crippen LogP contribution in [0.25, 0.3) is 5.70 Å². The van der Waals surface area contributed by atoms with Gasteiger partial charge in [-0.15, -0.1) is 10.9 Å². The van der Waals surface area contributed by atoms with E-state index in [1.54, 1.807) is 12.3 Å². The first-order valence-corrected chi connectivity index (χ1v) is 10.8. The van der Waals surface area contributed by atoms with Crippen LogP contribution >= 0.6 is 10.9 Å². The van der Waals surface area contributed by atoms with Crippen molar-refractivity contribution in [1.29, 1.82) is 0 Å². The van der Waals surface area contributed by atoms with E-state index in [-0.39, 0.29) is 17.0 Å². The van der Waals surface area contributed by atoms with Crippen LogP contribution in [-0.2, 0) is 0 Å². The molecular formula is C19H27N3O3S. The molecule has 0 saturated heterocycles. The highest BCUT2D eigenvalue weighted by molar-refractivity contribution is 8.32. The lowest BCUT2D eigenvalue weighted by atomic mass is 10.1. The van der Waals surface area contributed by atoms with Crippen LogP contribution in [0.3, 0.4) is 0 Å². The van der Waals surface area contributed by atoms with E-state index in [9.17, 15) is 14.7 Å². The number of hydrogen-bond donors (Lipinski definition) is 4. The normalized spacial score (nSPS) is 20.8. The van der Waals surface area contributed by atoms with Gasteiger partial charge in [0.25, 0.3) is 5.24 Å². The molecule has 1 aliphatic heterocycles. The second-order valence-corrected chi connectivity index (χ2v) is 8.81. The molecule has 142 valence electrons. The van der Waals surface area contributed by atoms with Crippen LogP contribution in [0.5, 0.6) is 0 Å². The highest BCUT2D eigenvalue weighted by atomic mass is 32.2. The Balaban J connectivity index is 1.82. The van der Waals surface area contributed by atoms with Gasteiger partial charge in [0, 0.05) is 34.4 Å². The van der Waals surface area contributed by atoms with Gasteiger partial charge in [0.2, 0.25) is 0 Å². The summed E-state index contributed by atoms with van der Waals surface area (Å²) >= 11 is 0. The number of unbranched alkanes of at least 4 members (excludes halogenated alkanes) is 1. The molecule has 1 saturated carbocycles. The molecule has 1 aliphatic carbocycles. The first-order valence-electron chi connectivity index (χ1n) is 9.35. The van der Waals surface area contributed by atoms with Gasteiger partial charge in [0.1, 0.15) is 5.69 Å². The minimum Gasteiger partial charge on any atom is -0.477 e. The van der Waals surface area contributed by atoms with Gasteiger partial charge in [-0.05, 0) is 37.2 Å². The molecule has 2 atom stereocenters. The number of carboxylic acids is 1. The molecule has 2 unspecified atom stereocenters. The zero-order valence-electron chi connectivity index (χ0n) is 15.3. The van der Waals surface area contributed by atoms with Crippen LogP contribution in [0.15, 0.2) is 22.6 Å². The van der Waals surface area contributed by atoms with Crippen LogP contribution in [0.2, 0.25) is 0 Å². The molecule has 0 radical (unpaired) electrons. The molecule has 1 aromatic heterocycles. The summed E-state index contributed by atoms with van der Waals surface area (Å²) in [6.45, 7) is 4.24. The number of nitrogens with one attached hydrogen (secondary N) is 2. The summed E-state index contributed by atoms with van der Waals surface area (Å²) in [6, 6.07) is 2.21. The smallest absolute Gasteiger partial charge is 0.354 e. The molecule has 1 fully saturated rings. The number of rotatable bonds is 8. The fourth-order valence-corrected chi connectivity index (χ4v) is 4.94. The zero-order chi connectivity index (χ0) is 18.7. The van der Waals surface area contributed by atoms with E-state index in [2.05, 4.69) is 29.5 Å². The number of thiol groups is 1. The van der Waals surface area contributed by atoms with Crippen molar-refractivity contribution in [3.05, 3.63) is 28.9 Å². The van der Waals surface area contributed by atoms with Gasteiger partial charge in [-0.25, -0.2) is 9.78 Å². The number of carboxylic acid groups (broad SMARTS) is 1. The second-order valence-electron chi connectivity index (χ2n) is 6.92. The third-order valence-corrected chi connectivity index (χ3v) is 6.75. The van der Waals surface area contributed by atoms with Crippen LogP contribution < -0.4 is 10.6 Å². The summed E-state index contributed by atoms with van der Waals surface area (Å²) < 4.78 is 0. The molecule has 1 amide bonds. The molecule has 2 aliphatic rings. The maximum absolute atomic E-state index is 12.9. The van der Waals surface area contributed by atoms with Gasteiger partial charge in [-0.1, -0.05) is 26.7 Å². The van der Waals surface area contributed by atoms with Crippen molar-refractivity contribution < 1.29 is 14.7 Å². The molecule has 0 spiro atoms. The molecule has 0 aromatic carbocycles. The van der Waals surface area contributed by atoms with Crippen molar-refractivity contribution in [2.45, 2.75) is 69.4 Å². The number of nitrogens with zero attached hydrogens (tertiary/aromatic N) is 1. The molecule has 7 heteroatoms. The monoisotopic (exact) mass is 377 g/mol. The van der Waals surface area contributed by atoms with Gasteiger partial charge < -0.3 is 15.7 Å². The highest BCUT2D eigenvalue weighted by Crippen LogP contribution is 2.50. The minimum atomic E-state index is -1.18. The predicted molar refractivity (Wildman–Crippen MR) is 105 cm³/mol. The third-order valence-electron chi connectivity index (χ3n) is 4.79. The first-order chi connectivity index (χ1) is 12.5. The van der Waals surface area contributed by atoms with E-state index in [4.69, 9.17) is 0 Å². The maximum atomic E-state index is 12.9. The quantitative estimate of drug-likeness (QED) is 0.516. The van der Waals surface area contributed by atoms with E-state index >= 15 is 0 Å². The summed E-state index contributed by atoms with van der Waals surface area (Å²) in [7, 11) is -1.18. The SMILES string of the molecule is CCCCC(CC)NC(=O)[SH]1C=C(NC2CC2)c2cc(C(=O)O)ncc21. The largest absolute Gasteiger partial charge is 0.477 e. The van der Waals surface area contributed by atoms with E-state index in [0.29, 0.717) is 6.04 Å². The lowest BCUT2D eigenvalue weighted by Gasteiger charge is -2.21. The van der Waals surface area contributed by atoms with Crippen molar-refractivity contribution in [2.24, 2.45) is 0 Å². The molecule has 6 nitrogen and oxygen atoms in total. The van der Waals surface area contributed by atoms with Gasteiger partial charge in [0.15, 0.2) is 0 Å². The van der Waals surface area contributed by atoms with Gasteiger partial charge >= 0.3 is 5.97 Å². The Morgan fingerprint density at radius 1 is 1.38 bits per heavy atom. The molecule has 0 bridgehead atoms. The Labute approximate surface area is 156 Å². The van der Waals surface area contributed by atoms with E-state index in [1.807, 2.05) is 5.41 Å². The number of aromatic nitrogens is 1. The fraction of sp³-hybridized carbons (Fsp3) is 0.526. The van der Waals surface area contributed by atoms with Crippen molar-refractivity contribution in [3.8, 4) is 0 Å². The number of carbonyl (C=O) groups is 2. The molecule has 1 aromatic rings. The topological polar surface area (TPSA) is 91.3 Å². The fourth-order valence-electron chi connectivity index (χ4n) is 3.04. The molecule has 3 rings (SSSR count). The van der Waals surface area contributed by atoms with Gasteiger partial charge in [-0.2, -0.15) is 0 Å². The molecule has 3 N–H and O–H groups in total. The highest BCUT2D eigenvalue weighted by Gasteiger charge is 2.31. The Bertz CT molecular complexity index is 731. The first kappa shape index (κ1) is 18.8. The summed E-state index contributed by atoms with van der Waals surface area (Å²) in [5, 5.41) is 17.9. The van der Waals surface area contributed by atoms with E-state index in [1.165, 1.54) is 0 Å². The average Bonchev–Trinajstić information content (AvgIpc) is 3.38. The zero-order valence-corrected chi connectivity index (χ0v) is 16.2. The summed E-state index contributed by atoms with van der Waals surface area (Å²) in [4.78, 5) is 29.1. The van der Waals surface area contributed by atoms with Crippen LogP contribution in [0, 0.1) is 0 Å². The van der Waals surface area contributed by atoms with Crippen molar-refractivity contribution in [1.82, 2.24) is 15.6 Å². The summed E-state index contributed by atoms with van der Waals surface area (Å²) in [6.07, 6.45) is 7.90. The Morgan fingerprint density at radius 2 is 2.15 bits per heavy atom. The number of carbonyl (C=O) groups excluding carboxylic acids is 1. The van der Waals surface area contributed by atoms with Crippen molar-refractivity contribution in [2.75, 3.05) is 0 Å². The standard InChI is InChI=1S/C19H27N3O3S/c1-3-5-6-12(4-2)22-19(25)26-11-16(21-13-7-8-13)14-9-15(18(23)24)20-10-17(14)26/h9-13,21,26H,3-8H2,1-2H3,(H,22,25)(H,23,24). The van der Waals surface area contributed by atoms with Crippen molar-refractivity contribution in [3.63, 3.8) is 0 Å². The lowest BCUT2D eigenvalue weighted by Crippen LogP contribution is -2.32. The van der Waals surface area contributed by atoms with E-state index in [0.717, 1.165) is 54.7 Å². The maximum Gasteiger partial charge on any atom is 0.354 e. The van der Waals surface area contributed by atoms with Crippen LogP contribution in [0.1, 0.15) is 68.4 Å². The van der Waals surface area contributed by atoms with Crippen molar-refractivity contribution >= 4 is 27.8 Å². The Kier molecular flexibility index (Phi) is 5.86. The average molecular weight is 378 g/mol. The van der Waals surface area contributed by atoms with Crippen LogP contribution in [-0.4, -0.2) is 33.4 Å². The summed E-state index contributed by atoms with van der Waals surface area (Å²) in [5.74, 6) is -1.05. The van der Waals surface area contributed by atoms with Gasteiger partial charge in [-0.3, -0.25) is 4.79 Å². The number of aromatic carboxylic acids is 1. The van der Waals surface area contributed by atoms with Crippen LogP contribution in [0.4, 0.5) is 4.79 Å². The van der Waals surface area contributed by atoms with E-state index < -0.39 is 16.9 Å². The Morgan fingerprint density at radius 3 is 2.77 bits per heavy atom. The Hall–Kier alpha value is -2.02. The molecule has 2 heterocycles. The number of hydrogen-bond acceptors (Lipinski definition) is 4. The molecule has 26 heavy (non-hydrogen) atoms. The number of amides is 1. The number of fused-ring (bicyclic) bond motifs is 1. The minimum absolute atomic E-state index is 0.0129. The third kappa shape index (κ3) is 4.20. The second kappa shape index (κ2) is 8.12.